The lowest BCUT2D eigenvalue weighted by Crippen LogP contribution is -1.94. The summed E-state index contributed by atoms with van der Waals surface area (Å²) in [6.45, 7) is -0.656. The number of nitrogens with two attached hydrogens (primary N) is 1. The van der Waals surface area contributed by atoms with Gasteiger partial charge in [-0.1, -0.05) is 5.16 Å². The molecule has 6 heteroatoms. The molecule has 0 unspecified atom stereocenters. The van der Waals surface area contributed by atoms with Gasteiger partial charge in [-0.15, -0.1) is 0 Å². The molecule has 0 aliphatic heterocycles. The van der Waals surface area contributed by atoms with Gasteiger partial charge in [0.1, 0.15) is 6.67 Å². The van der Waals surface area contributed by atoms with Gasteiger partial charge in [0.2, 0.25) is 0 Å². The van der Waals surface area contributed by atoms with Crippen molar-refractivity contribution in [3.63, 3.8) is 0 Å². The van der Waals surface area contributed by atoms with Crippen LogP contribution >= 0.6 is 0 Å². The first-order valence-electron chi connectivity index (χ1n) is 5.23. The Balaban J connectivity index is 2.58. The highest BCUT2D eigenvalue weighted by Gasteiger charge is 2.15. The van der Waals surface area contributed by atoms with E-state index < -0.39 is 6.67 Å². The average Bonchev–Trinajstić information content (AvgIpc) is 2.83. The fourth-order valence-electron chi connectivity index (χ4n) is 1.68. The third-order valence-electron chi connectivity index (χ3n) is 2.55. The number of alkyl halides is 1. The minimum absolute atomic E-state index is 0.240. The largest absolute Gasteiger partial charge is 0.493 e. The Labute approximate surface area is 103 Å². The molecule has 5 nitrogen and oxygen atoms in total. The number of methoxy groups -OCH3 is 2. The molecule has 1 aromatic carbocycles. The molecule has 2 aromatic rings. The summed E-state index contributed by atoms with van der Waals surface area (Å²) in [5, 5.41) is 3.57. The van der Waals surface area contributed by atoms with E-state index >= 15 is 0 Å². The van der Waals surface area contributed by atoms with Crippen molar-refractivity contribution in [2.75, 3.05) is 20.0 Å². The van der Waals surface area contributed by atoms with Crippen molar-refractivity contribution in [3.8, 4) is 22.8 Å². The highest BCUT2D eigenvalue weighted by atomic mass is 19.1. The quantitative estimate of drug-likeness (QED) is 0.904. The second-order valence-electron chi connectivity index (χ2n) is 3.61. The lowest BCUT2D eigenvalue weighted by Gasteiger charge is -2.11. The molecule has 0 saturated heterocycles. The van der Waals surface area contributed by atoms with E-state index in [4.69, 9.17) is 19.7 Å². The van der Waals surface area contributed by atoms with Crippen LogP contribution in [0.1, 0.15) is 5.56 Å². The highest BCUT2D eigenvalue weighted by molar-refractivity contribution is 5.68. The summed E-state index contributed by atoms with van der Waals surface area (Å²) in [5.41, 5.74) is 6.44. The van der Waals surface area contributed by atoms with E-state index in [0.717, 1.165) is 0 Å². The molecule has 0 radical (unpaired) electrons. The molecule has 2 rings (SSSR count). The Morgan fingerprint density at radius 3 is 2.39 bits per heavy atom. The number of halogens is 1. The predicted molar refractivity (Wildman–Crippen MR) is 64.3 cm³/mol. The Morgan fingerprint density at radius 1 is 1.22 bits per heavy atom. The number of ether oxygens (including phenoxy) is 2. The summed E-state index contributed by atoms with van der Waals surface area (Å²) in [7, 11) is 3.00. The van der Waals surface area contributed by atoms with Crippen molar-refractivity contribution >= 4 is 5.82 Å². The lowest BCUT2D eigenvalue weighted by atomic mass is 10.0. The molecule has 0 aliphatic rings. The number of hydrogen-bond donors (Lipinski definition) is 1. The van der Waals surface area contributed by atoms with Gasteiger partial charge >= 0.3 is 0 Å². The molecular weight excluding hydrogens is 239 g/mol. The number of nitrogens with zero attached hydrogens (tertiary/aromatic N) is 1. The maximum Gasteiger partial charge on any atom is 0.169 e. The monoisotopic (exact) mass is 252 g/mol. The maximum atomic E-state index is 13.0. The minimum atomic E-state index is -0.656. The molecule has 0 bridgehead atoms. The summed E-state index contributed by atoms with van der Waals surface area (Å²) in [4.78, 5) is 0. The van der Waals surface area contributed by atoms with Crippen molar-refractivity contribution in [3.05, 3.63) is 23.8 Å². The molecule has 96 valence electrons. The minimum Gasteiger partial charge on any atom is -0.493 e. The maximum absolute atomic E-state index is 13.0. The molecule has 2 N–H and O–H groups in total. The van der Waals surface area contributed by atoms with Crippen molar-refractivity contribution < 1.29 is 18.4 Å². The van der Waals surface area contributed by atoms with Gasteiger partial charge in [0.05, 0.1) is 14.2 Å². The molecule has 1 aromatic heterocycles. The van der Waals surface area contributed by atoms with Gasteiger partial charge in [-0.3, -0.25) is 0 Å². The second kappa shape index (κ2) is 4.95. The zero-order valence-electron chi connectivity index (χ0n) is 10.1. The summed E-state index contributed by atoms with van der Waals surface area (Å²) >= 11 is 0. The zero-order chi connectivity index (χ0) is 13.1. The molecule has 1 heterocycles. The second-order valence-corrected chi connectivity index (χ2v) is 3.61. The third kappa shape index (κ3) is 2.09. The first-order chi connectivity index (χ1) is 8.69. The molecule has 0 amide bonds. The number of anilines is 1. The van der Waals surface area contributed by atoms with Crippen LogP contribution in [0.3, 0.4) is 0 Å². The Hall–Kier alpha value is -2.24. The number of nitrogen functional groups attached to an aromatic ring is 1. The van der Waals surface area contributed by atoms with Crippen LogP contribution in [0.4, 0.5) is 10.2 Å². The SMILES string of the molecule is COc1cc(CF)c(-c2cc(N)no2)cc1OC. The van der Waals surface area contributed by atoms with E-state index in [1.54, 1.807) is 12.1 Å². The van der Waals surface area contributed by atoms with Crippen molar-refractivity contribution in [2.45, 2.75) is 6.67 Å². The van der Waals surface area contributed by atoms with Crippen LogP contribution in [0.5, 0.6) is 11.5 Å². The van der Waals surface area contributed by atoms with E-state index in [9.17, 15) is 4.39 Å². The summed E-state index contributed by atoms with van der Waals surface area (Å²) in [5.74, 6) is 1.58. The molecular formula is C12H13FN2O3. The topological polar surface area (TPSA) is 70.5 Å². The van der Waals surface area contributed by atoms with Gasteiger partial charge in [0.25, 0.3) is 0 Å². The molecule has 0 saturated carbocycles. The van der Waals surface area contributed by atoms with Gasteiger partial charge in [0.15, 0.2) is 23.1 Å². The zero-order valence-corrected chi connectivity index (χ0v) is 10.1. The van der Waals surface area contributed by atoms with Gasteiger partial charge in [-0.25, -0.2) is 4.39 Å². The van der Waals surface area contributed by atoms with Crippen LogP contribution in [-0.4, -0.2) is 19.4 Å². The molecule has 0 fully saturated rings. The fraction of sp³-hybridized carbons (Fsp3) is 0.250. The standard InChI is InChI=1S/C12H13FN2O3/c1-16-10-3-7(6-13)8(4-11(10)17-2)9-5-12(14)15-18-9/h3-5H,6H2,1-2H3,(H2,14,15). The van der Waals surface area contributed by atoms with E-state index in [-0.39, 0.29) is 5.82 Å². The van der Waals surface area contributed by atoms with Crippen molar-refractivity contribution in [1.82, 2.24) is 5.16 Å². The van der Waals surface area contributed by atoms with Gasteiger partial charge in [-0.2, -0.15) is 0 Å². The Morgan fingerprint density at radius 2 is 1.89 bits per heavy atom. The van der Waals surface area contributed by atoms with Crippen LogP contribution in [0.15, 0.2) is 22.7 Å². The van der Waals surface area contributed by atoms with Crippen molar-refractivity contribution in [2.24, 2.45) is 0 Å². The average molecular weight is 252 g/mol. The summed E-state index contributed by atoms with van der Waals surface area (Å²) < 4.78 is 28.3. The van der Waals surface area contributed by atoms with E-state index in [0.29, 0.717) is 28.4 Å². The number of rotatable bonds is 4. The number of benzene rings is 1. The lowest BCUT2D eigenvalue weighted by molar-refractivity contribution is 0.353. The first-order valence-corrected chi connectivity index (χ1v) is 5.23. The van der Waals surface area contributed by atoms with E-state index in [1.165, 1.54) is 20.3 Å². The van der Waals surface area contributed by atoms with E-state index in [1.807, 2.05) is 0 Å². The van der Waals surface area contributed by atoms with Gasteiger partial charge in [0, 0.05) is 11.6 Å². The van der Waals surface area contributed by atoms with Crippen LogP contribution in [0, 0.1) is 0 Å². The third-order valence-corrected chi connectivity index (χ3v) is 2.55. The van der Waals surface area contributed by atoms with Crippen molar-refractivity contribution in [1.29, 1.82) is 0 Å². The first kappa shape index (κ1) is 12.2. The van der Waals surface area contributed by atoms with E-state index in [2.05, 4.69) is 5.16 Å². The van der Waals surface area contributed by atoms with Crippen LogP contribution in [0.25, 0.3) is 11.3 Å². The highest BCUT2D eigenvalue weighted by Crippen LogP contribution is 2.36. The molecule has 18 heavy (non-hydrogen) atoms. The van der Waals surface area contributed by atoms with Gasteiger partial charge in [-0.05, 0) is 17.7 Å². The smallest absolute Gasteiger partial charge is 0.169 e. The Kier molecular flexibility index (Phi) is 3.36. The van der Waals surface area contributed by atoms with Crippen LogP contribution in [-0.2, 0) is 6.67 Å². The molecule has 0 aliphatic carbocycles. The fourth-order valence-corrected chi connectivity index (χ4v) is 1.68. The number of hydrogen-bond acceptors (Lipinski definition) is 5. The summed E-state index contributed by atoms with van der Waals surface area (Å²) in [6.07, 6.45) is 0. The van der Waals surface area contributed by atoms with Crippen LogP contribution in [0.2, 0.25) is 0 Å². The van der Waals surface area contributed by atoms with Crippen LogP contribution < -0.4 is 15.2 Å². The normalized spacial score (nSPS) is 10.4. The molecule has 0 spiro atoms. The molecule has 0 atom stereocenters. The predicted octanol–water partition coefficient (Wildman–Crippen LogP) is 2.41. The van der Waals surface area contributed by atoms with Gasteiger partial charge < -0.3 is 19.7 Å². The Bertz CT molecular complexity index is 554. The summed E-state index contributed by atoms with van der Waals surface area (Å²) in [6, 6.07) is 4.72. The number of aromatic nitrogens is 1.